The van der Waals surface area contributed by atoms with Crippen molar-refractivity contribution in [1.82, 2.24) is 4.98 Å². The van der Waals surface area contributed by atoms with Crippen LogP contribution in [0, 0.1) is 12.7 Å². The van der Waals surface area contributed by atoms with Gasteiger partial charge in [0.1, 0.15) is 11.5 Å². The lowest BCUT2D eigenvalue weighted by molar-refractivity contribution is 0.0690. The second-order valence-corrected chi connectivity index (χ2v) is 4.17. The van der Waals surface area contributed by atoms with Gasteiger partial charge in [0.05, 0.1) is 12.3 Å². The maximum Gasteiger partial charge on any atom is 0.354 e. The molecule has 2 rings (SSSR count). The van der Waals surface area contributed by atoms with E-state index in [9.17, 15) is 9.18 Å². The van der Waals surface area contributed by atoms with Crippen LogP contribution >= 0.6 is 0 Å². The molecule has 0 saturated heterocycles. The van der Waals surface area contributed by atoms with E-state index in [-0.39, 0.29) is 18.1 Å². The van der Waals surface area contributed by atoms with Crippen LogP contribution in [-0.4, -0.2) is 21.2 Å². The molecule has 0 unspecified atom stereocenters. The fourth-order valence-corrected chi connectivity index (χ4v) is 1.84. The number of carboxylic acid groups (broad SMARTS) is 1. The molecule has 19 heavy (non-hydrogen) atoms. The second-order valence-electron chi connectivity index (χ2n) is 4.17. The Bertz CT molecular complexity index is 641. The monoisotopic (exact) mass is 261 g/mol. The third-order valence-corrected chi connectivity index (χ3v) is 2.75. The van der Waals surface area contributed by atoms with Gasteiger partial charge in [0.25, 0.3) is 0 Å². The molecule has 1 aromatic carbocycles. The van der Waals surface area contributed by atoms with Crippen molar-refractivity contribution in [2.24, 2.45) is 0 Å². The molecule has 1 aromatic heterocycles. The summed E-state index contributed by atoms with van der Waals surface area (Å²) in [4.78, 5) is 15.0. The average Bonchev–Trinajstić information content (AvgIpc) is 2.38. The largest absolute Gasteiger partial charge is 0.477 e. The molecule has 0 fully saturated rings. The molecule has 0 radical (unpaired) electrons. The summed E-state index contributed by atoms with van der Waals surface area (Å²) in [6.07, 6.45) is 0. The van der Waals surface area contributed by atoms with E-state index in [4.69, 9.17) is 10.2 Å². The lowest BCUT2D eigenvalue weighted by Gasteiger charge is -2.08. The number of halogens is 1. The number of rotatable bonds is 3. The summed E-state index contributed by atoms with van der Waals surface area (Å²) >= 11 is 0. The number of pyridine rings is 1. The van der Waals surface area contributed by atoms with Crippen LogP contribution in [0.5, 0.6) is 0 Å². The molecule has 0 aliphatic rings. The van der Waals surface area contributed by atoms with Crippen LogP contribution in [0.1, 0.15) is 21.6 Å². The van der Waals surface area contributed by atoms with E-state index in [1.54, 1.807) is 19.1 Å². The summed E-state index contributed by atoms with van der Waals surface area (Å²) in [6, 6.07) is 7.08. The van der Waals surface area contributed by atoms with Gasteiger partial charge in [0, 0.05) is 5.56 Å². The van der Waals surface area contributed by atoms with Gasteiger partial charge in [-0.3, -0.25) is 0 Å². The van der Waals surface area contributed by atoms with Crippen LogP contribution in [0.2, 0.25) is 0 Å². The second kappa shape index (κ2) is 5.16. The van der Waals surface area contributed by atoms with Gasteiger partial charge < -0.3 is 10.2 Å². The summed E-state index contributed by atoms with van der Waals surface area (Å²) in [6.45, 7) is 1.43. The number of aromatic nitrogens is 1. The van der Waals surface area contributed by atoms with E-state index in [0.717, 1.165) is 0 Å². The topological polar surface area (TPSA) is 70.4 Å². The molecule has 2 aromatic rings. The SMILES string of the molecule is Cc1cc(F)ccc1-c1cc(CO)cc(C(=O)O)n1. The molecule has 5 heteroatoms. The van der Waals surface area contributed by atoms with Crippen molar-refractivity contribution in [2.75, 3.05) is 0 Å². The summed E-state index contributed by atoms with van der Waals surface area (Å²) < 4.78 is 13.1. The van der Waals surface area contributed by atoms with Crippen molar-refractivity contribution in [3.05, 3.63) is 53.0 Å². The number of aromatic carboxylic acids is 1. The molecule has 0 atom stereocenters. The van der Waals surface area contributed by atoms with Gasteiger partial charge in [-0.05, 0) is 48.4 Å². The number of carbonyl (C=O) groups is 1. The summed E-state index contributed by atoms with van der Waals surface area (Å²) in [5, 5.41) is 18.1. The first kappa shape index (κ1) is 13.2. The maximum atomic E-state index is 13.1. The minimum Gasteiger partial charge on any atom is -0.477 e. The first-order valence-electron chi connectivity index (χ1n) is 5.63. The first-order valence-corrected chi connectivity index (χ1v) is 5.63. The molecule has 0 spiro atoms. The van der Waals surface area contributed by atoms with Crippen molar-refractivity contribution in [1.29, 1.82) is 0 Å². The molecule has 1 heterocycles. The first-order chi connectivity index (χ1) is 9.01. The van der Waals surface area contributed by atoms with Crippen LogP contribution in [0.3, 0.4) is 0 Å². The fraction of sp³-hybridized carbons (Fsp3) is 0.143. The highest BCUT2D eigenvalue weighted by molar-refractivity contribution is 5.86. The number of aliphatic hydroxyl groups excluding tert-OH is 1. The number of aliphatic hydroxyl groups is 1. The van der Waals surface area contributed by atoms with E-state index in [1.807, 2.05) is 0 Å². The van der Waals surface area contributed by atoms with Crippen LogP contribution < -0.4 is 0 Å². The van der Waals surface area contributed by atoms with Crippen molar-refractivity contribution in [2.45, 2.75) is 13.5 Å². The van der Waals surface area contributed by atoms with Gasteiger partial charge >= 0.3 is 5.97 Å². The van der Waals surface area contributed by atoms with Crippen LogP contribution in [-0.2, 0) is 6.61 Å². The molecule has 98 valence electrons. The predicted octanol–water partition coefficient (Wildman–Crippen LogP) is 2.39. The van der Waals surface area contributed by atoms with Gasteiger partial charge in [-0.2, -0.15) is 0 Å². The Labute approximate surface area is 109 Å². The Balaban J connectivity index is 2.60. The zero-order chi connectivity index (χ0) is 14.0. The maximum absolute atomic E-state index is 13.1. The number of aryl methyl sites for hydroxylation is 1. The van der Waals surface area contributed by atoms with Gasteiger partial charge in [0.15, 0.2) is 0 Å². The van der Waals surface area contributed by atoms with E-state index < -0.39 is 5.97 Å². The standard InChI is InChI=1S/C14H12FNO3/c1-8-4-10(15)2-3-11(8)12-5-9(7-17)6-13(16-12)14(18)19/h2-6,17H,7H2,1H3,(H,18,19). The van der Waals surface area contributed by atoms with Gasteiger partial charge in [-0.15, -0.1) is 0 Å². The lowest BCUT2D eigenvalue weighted by Crippen LogP contribution is -2.03. The van der Waals surface area contributed by atoms with Crippen LogP contribution in [0.25, 0.3) is 11.3 Å². The third kappa shape index (κ3) is 2.77. The Morgan fingerprint density at radius 2 is 2.05 bits per heavy atom. The van der Waals surface area contributed by atoms with Crippen molar-refractivity contribution < 1.29 is 19.4 Å². The number of hydrogen-bond donors (Lipinski definition) is 2. The van der Waals surface area contributed by atoms with Crippen LogP contribution in [0.4, 0.5) is 4.39 Å². The quantitative estimate of drug-likeness (QED) is 0.890. The van der Waals surface area contributed by atoms with Crippen molar-refractivity contribution in [3.63, 3.8) is 0 Å². The molecule has 4 nitrogen and oxygen atoms in total. The number of carboxylic acids is 1. The number of benzene rings is 1. The molecule has 0 bridgehead atoms. The molecular formula is C14H12FNO3. The van der Waals surface area contributed by atoms with Gasteiger partial charge in [-0.1, -0.05) is 0 Å². The average molecular weight is 261 g/mol. The molecule has 0 amide bonds. The predicted molar refractivity (Wildman–Crippen MR) is 67.3 cm³/mol. The minimum atomic E-state index is -1.17. The summed E-state index contributed by atoms with van der Waals surface area (Å²) in [5.74, 6) is -1.53. The highest BCUT2D eigenvalue weighted by atomic mass is 19.1. The summed E-state index contributed by atoms with van der Waals surface area (Å²) in [5.41, 5.74) is 2.00. The van der Waals surface area contributed by atoms with E-state index in [0.29, 0.717) is 22.4 Å². The molecule has 0 aliphatic heterocycles. The van der Waals surface area contributed by atoms with Crippen molar-refractivity contribution >= 4 is 5.97 Å². The minimum absolute atomic E-state index is 0.148. The molecule has 2 N–H and O–H groups in total. The molecular weight excluding hydrogens is 249 g/mol. The van der Waals surface area contributed by atoms with Crippen molar-refractivity contribution in [3.8, 4) is 11.3 Å². The van der Waals surface area contributed by atoms with E-state index >= 15 is 0 Å². The smallest absolute Gasteiger partial charge is 0.354 e. The Morgan fingerprint density at radius 1 is 1.32 bits per heavy atom. The van der Waals surface area contributed by atoms with Crippen LogP contribution in [0.15, 0.2) is 30.3 Å². The zero-order valence-electron chi connectivity index (χ0n) is 10.2. The third-order valence-electron chi connectivity index (χ3n) is 2.75. The zero-order valence-corrected chi connectivity index (χ0v) is 10.2. The Kier molecular flexibility index (Phi) is 3.57. The normalized spacial score (nSPS) is 10.5. The Hall–Kier alpha value is -2.27. The molecule has 0 saturated carbocycles. The number of nitrogens with zero attached hydrogens (tertiary/aromatic N) is 1. The fourth-order valence-electron chi connectivity index (χ4n) is 1.84. The summed E-state index contributed by atoms with van der Waals surface area (Å²) in [7, 11) is 0. The highest BCUT2D eigenvalue weighted by Gasteiger charge is 2.11. The van der Waals surface area contributed by atoms with Gasteiger partial charge in [-0.25, -0.2) is 14.2 Å². The van der Waals surface area contributed by atoms with E-state index in [1.165, 1.54) is 18.2 Å². The molecule has 0 aliphatic carbocycles. The van der Waals surface area contributed by atoms with E-state index in [2.05, 4.69) is 4.98 Å². The Morgan fingerprint density at radius 3 is 2.63 bits per heavy atom. The highest BCUT2D eigenvalue weighted by Crippen LogP contribution is 2.24. The van der Waals surface area contributed by atoms with Gasteiger partial charge in [0.2, 0.25) is 0 Å². The number of hydrogen-bond acceptors (Lipinski definition) is 3. The lowest BCUT2D eigenvalue weighted by atomic mass is 10.0.